The molecule has 3 fully saturated rings. The smallest absolute Gasteiger partial charge is 0.407 e. The second kappa shape index (κ2) is 6.08. The first-order valence-electron chi connectivity index (χ1n) is 10.1. The lowest BCUT2D eigenvalue weighted by Crippen LogP contribution is -2.59. The molecule has 7 atom stereocenters. The summed E-state index contributed by atoms with van der Waals surface area (Å²) in [7, 11) is 1.40. The fourth-order valence-electron chi connectivity index (χ4n) is 7.13. The number of carbonyl (C=O) groups is 2. The molecule has 0 saturated heterocycles. The molecule has 1 amide bonds. The number of fused-ring (bicyclic) bond motifs is 5. The van der Waals surface area contributed by atoms with Gasteiger partial charge in [-0.25, -0.2) is 4.79 Å². The number of methoxy groups -OCH3 is 1. The molecule has 4 aliphatic rings. The number of aliphatic hydroxyl groups is 1. The van der Waals surface area contributed by atoms with Crippen LogP contribution in [0.3, 0.4) is 0 Å². The third-order valence-electron chi connectivity index (χ3n) is 8.37. The molecule has 0 aliphatic heterocycles. The maximum atomic E-state index is 11.9. The zero-order chi connectivity index (χ0) is 18.7. The number of ketones is 1. The molecule has 144 valence electrons. The van der Waals surface area contributed by atoms with E-state index in [2.05, 4.69) is 19.2 Å². The van der Waals surface area contributed by atoms with Gasteiger partial charge < -0.3 is 15.2 Å². The van der Waals surface area contributed by atoms with Crippen LogP contribution in [-0.4, -0.2) is 36.2 Å². The van der Waals surface area contributed by atoms with E-state index in [1.807, 2.05) is 6.08 Å². The largest absolute Gasteiger partial charge is 0.453 e. The van der Waals surface area contributed by atoms with E-state index in [4.69, 9.17) is 4.74 Å². The van der Waals surface area contributed by atoms with Crippen molar-refractivity contribution in [3.05, 3.63) is 11.6 Å². The van der Waals surface area contributed by atoms with Crippen LogP contribution in [0.25, 0.3) is 0 Å². The average Bonchev–Trinajstić information content (AvgIpc) is 2.91. The molecular formula is C21H31NO4. The number of ether oxygens (including phenoxy) is 1. The van der Waals surface area contributed by atoms with Crippen molar-refractivity contribution in [3.8, 4) is 0 Å². The minimum absolute atomic E-state index is 0.0502. The Hall–Kier alpha value is -1.36. The molecule has 3 saturated carbocycles. The highest BCUT2D eigenvalue weighted by atomic mass is 16.5. The van der Waals surface area contributed by atoms with Crippen LogP contribution in [0.2, 0.25) is 0 Å². The number of nitrogens with one attached hydrogen (secondary N) is 1. The summed E-state index contributed by atoms with van der Waals surface area (Å²) in [6.07, 6.45) is 7.34. The summed E-state index contributed by atoms with van der Waals surface area (Å²) in [4.78, 5) is 23.7. The molecule has 26 heavy (non-hydrogen) atoms. The maximum absolute atomic E-state index is 11.9. The lowest BCUT2D eigenvalue weighted by atomic mass is 9.46. The van der Waals surface area contributed by atoms with E-state index in [0.29, 0.717) is 24.7 Å². The number of allylic oxidation sites excluding steroid dienone is 1. The second-order valence-electron chi connectivity index (χ2n) is 9.43. The molecule has 0 aromatic carbocycles. The van der Waals surface area contributed by atoms with Crippen molar-refractivity contribution < 1.29 is 19.4 Å². The first-order chi connectivity index (χ1) is 12.3. The Morgan fingerprint density at radius 1 is 1.27 bits per heavy atom. The number of rotatable bonds is 1. The summed E-state index contributed by atoms with van der Waals surface area (Å²) >= 11 is 0. The zero-order valence-electron chi connectivity index (χ0n) is 16.1. The minimum atomic E-state index is -0.386. The van der Waals surface area contributed by atoms with E-state index in [1.54, 1.807) is 0 Å². The van der Waals surface area contributed by atoms with Gasteiger partial charge in [0.15, 0.2) is 5.78 Å². The molecule has 5 heteroatoms. The Balaban J connectivity index is 1.64. The van der Waals surface area contributed by atoms with E-state index in [0.717, 1.165) is 32.1 Å². The number of amides is 1. The fraction of sp³-hybridized carbons (Fsp3) is 0.810. The summed E-state index contributed by atoms with van der Waals surface area (Å²) in [5.41, 5.74) is 1.13. The van der Waals surface area contributed by atoms with Crippen molar-refractivity contribution in [1.29, 1.82) is 0 Å². The van der Waals surface area contributed by atoms with E-state index in [9.17, 15) is 14.7 Å². The quantitative estimate of drug-likeness (QED) is 0.752. The second-order valence-corrected chi connectivity index (χ2v) is 9.43. The van der Waals surface area contributed by atoms with Gasteiger partial charge in [0, 0.05) is 12.5 Å². The van der Waals surface area contributed by atoms with Gasteiger partial charge >= 0.3 is 6.09 Å². The van der Waals surface area contributed by atoms with Crippen LogP contribution in [0.5, 0.6) is 0 Å². The highest BCUT2D eigenvalue weighted by molar-refractivity contribution is 5.91. The molecule has 4 aliphatic carbocycles. The molecule has 0 bridgehead atoms. The normalized spacial score (nSPS) is 47.3. The molecule has 4 rings (SSSR count). The standard InChI is InChI=1S/C21H31NO4/c1-20-9-8-13(23)10-12(20)4-5-14-15-6-7-17(22-19(25)26-3)21(15,2)11-16(24)18(14)20/h10,14-18,24H,4-9,11H2,1-3H3,(H,22,25)/t14?,15?,16-,17-,18?,20-,21-/m0/s1. The van der Waals surface area contributed by atoms with Crippen molar-refractivity contribution in [2.75, 3.05) is 7.11 Å². The van der Waals surface area contributed by atoms with Crippen molar-refractivity contribution in [2.24, 2.45) is 28.6 Å². The predicted molar refractivity (Wildman–Crippen MR) is 97.4 cm³/mol. The molecule has 0 radical (unpaired) electrons. The molecule has 3 unspecified atom stereocenters. The van der Waals surface area contributed by atoms with Crippen LogP contribution in [-0.2, 0) is 9.53 Å². The topological polar surface area (TPSA) is 75.6 Å². The number of hydrogen-bond donors (Lipinski definition) is 2. The fourth-order valence-corrected chi connectivity index (χ4v) is 7.13. The van der Waals surface area contributed by atoms with Gasteiger partial charge in [-0.1, -0.05) is 19.4 Å². The lowest BCUT2D eigenvalue weighted by Gasteiger charge is -2.59. The van der Waals surface area contributed by atoms with Gasteiger partial charge in [0.25, 0.3) is 0 Å². The maximum Gasteiger partial charge on any atom is 0.407 e. The minimum Gasteiger partial charge on any atom is -0.453 e. The van der Waals surface area contributed by atoms with Gasteiger partial charge in [-0.05, 0) is 73.2 Å². The summed E-state index contributed by atoms with van der Waals surface area (Å²) in [5.74, 6) is 1.44. The van der Waals surface area contributed by atoms with Crippen LogP contribution >= 0.6 is 0 Å². The summed E-state index contributed by atoms with van der Waals surface area (Å²) in [6, 6.07) is 0.0632. The van der Waals surface area contributed by atoms with Gasteiger partial charge in [-0.15, -0.1) is 0 Å². The number of aliphatic hydroxyl groups excluding tert-OH is 1. The van der Waals surface area contributed by atoms with E-state index in [-0.39, 0.29) is 40.8 Å². The van der Waals surface area contributed by atoms with Crippen molar-refractivity contribution in [1.82, 2.24) is 5.32 Å². The van der Waals surface area contributed by atoms with Crippen LogP contribution in [0.1, 0.15) is 58.8 Å². The molecule has 0 aromatic rings. The Kier molecular flexibility index (Phi) is 4.22. The van der Waals surface area contributed by atoms with E-state index >= 15 is 0 Å². The van der Waals surface area contributed by atoms with Crippen LogP contribution in [0.15, 0.2) is 11.6 Å². The van der Waals surface area contributed by atoms with Crippen LogP contribution < -0.4 is 5.32 Å². The van der Waals surface area contributed by atoms with Gasteiger partial charge in [0.05, 0.1) is 13.2 Å². The molecule has 5 nitrogen and oxygen atoms in total. The van der Waals surface area contributed by atoms with Crippen LogP contribution in [0, 0.1) is 28.6 Å². The monoisotopic (exact) mass is 361 g/mol. The molecule has 0 spiro atoms. The molecule has 0 aromatic heterocycles. The van der Waals surface area contributed by atoms with Crippen molar-refractivity contribution >= 4 is 11.9 Å². The molecule has 0 heterocycles. The summed E-state index contributed by atoms with van der Waals surface area (Å²) < 4.78 is 4.82. The number of carbonyl (C=O) groups excluding carboxylic acids is 2. The number of alkyl carbamates (subject to hydrolysis) is 1. The lowest BCUT2D eigenvalue weighted by molar-refractivity contribution is -0.130. The van der Waals surface area contributed by atoms with Crippen molar-refractivity contribution in [2.45, 2.75) is 70.9 Å². The average molecular weight is 361 g/mol. The Morgan fingerprint density at radius 3 is 2.77 bits per heavy atom. The Morgan fingerprint density at radius 2 is 2.04 bits per heavy atom. The highest BCUT2D eigenvalue weighted by Crippen LogP contribution is 2.65. The first-order valence-corrected chi connectivity index (χ1v) is 10.1. The Bertz CT molecular complexity index is 658. The predicted octanol–water partition coefficient (Wildman–Crippen LogP) is 3.21. The zero-order valence-corrected chi connectivity index (χ0v) is 16.1. The SMILES string of the molecule is COC(=O)N[C@H]1CCC2C3CCC4=CC(=O)CC[C@]4(C)C3[C@@H](O)C[C@@]21C. The third kappa shape index (κ3) is 2.46. The van der Waals surface area contributed by atoms with Crippen molar-refractivity contribution in [3.63, 3.8) is 0 Å². The first kappa shape index (κ1) is 18.0. The molecular weight excluding hydrogens is 330 g/mol. The molecule has 2 N–H and O–H groups in total. The Labute approximate surface area is 155 Å². The highest BCUT2D eigenvalue weighted by Gasteiger charge is 2.62. The van der Waals surface area contributed by atoms with Gasteiger partial charge in [0.2, 0.25) is 0 Å². The van der Waals surface area contributed by atoms with E-state index in [1.165, 1.54) is 12.7 Å². The number of hydrogen-bond acceptors (Lipinski definition) is 4. The third-order valence-corrected chi connectivity index (χ3v) is 8.37. The van der Waals surface area contributed by atoms with Gasteiger partial charge in [-0.2, -0.15) is 0 Å². The van der Waals surface area contributed by atoms with E-state index < -0.39 is 0 Å². The van der Waals surface area contributed by atoms with Crippen LogP contribution in [0.4, 0.5) is 4.79 Å². The summed E-state index contributed by atoms with van der Waals surface area (Å²) in [6.45, 7) is 4.51. The van der Waals surface area contributed by atoms with Gasteiger partial charge in [-0.3, -0.25) is 4.79 Å². The summed E-state index contributed by atoms with van der Waals surface area (Å²) in [5, 5.41) is 14.3. The van der Waals surface area contributed by atoms with Gasteiger partial charge in [0.1, 0.15) is 0 Å².